The standard InChI is InChI=1S/C12H9F3N2O2/c13-12(14,15)11(16,10(18)19)8-4-3-7-2-1-5-17-9(7)6-8/h1-6H,16H2,(H,18,19). The fourth-order valence-electron chi connectivity index (χ4n) is 1.72. The Labute approximate surface area is 105 Å². The van der Waals surface area contributed by atoms with Crippen LogP contribution >= 0.6 is 0 Å². The van der Waals surface area contributed by atoms with E-state index in [1.54, 1.807) is 12.1 Å². The number of carbonyl (C=O) groups is 1. The zero-order chi connectivity index (χ0) is 14.3. The number of aromatic nitrogens is 1. The van der Waals surface area contributed by atoms with Crippen LogP contribution in [-0.4, -0.2) is 22.2 Å². The van der Waals surface area contributed by atoms with Crippen molar-refractivity contribution in [2.45, 2.75) is 11.7 Å². The van der Waals surface area contributed by atoms with Crippen LogP contribution in [0.1, 0.15) is 5.56 Å². The summed E-state index contributed by atoms with van der Waals surface area (Å²) in [5.41, 5.74) is 1.33. The number of rotatable bonds is 2. The molecule has 100 valence electrons. The second kappa shape index (κ2) is 4.20. The number of benzene rings is 1. The Hall–Kier alpha value is -2.15. The van der Waals surface area contributed by atoms with Gasteiger partial charge >= 0.3 is 12.1 Å². The summed E-state index contributed by atoms with van der Waals surface area (Å²) in [5, 5.41) is 9.43. The maximum Gasteiger partial charge on any atom is 0.421 e. The quantitative estimate of drug-likeness (QED) is 0.875. The molecule has 0 amide bonds. The summed E-state index contributed by atoms with van der Waals surface area (Å²) in [7, 11) is 0. The van der Waals surface area contributed by atoms with Crippen molar-refractivity contribution >= 4 is 16.9 Å². The summed E-state index contributed by atoms with van der Waals surface area (Å²) < 4.78 is 38.7. The molecule has 3 N–H and O–H groups in total. The smallest absolute Gasteiger partial charge is 0.421 e. The predicted molar refractivity (Wildman–Crippen MR) is 61.3 cm³/mol. The van der Waals surface area contributed by atoms with E-state index in [9.17, 15) is 18.0 Å². The lowest BCUT2D eigenvalue weighted by Gasteiger charge is -2.27. The van der Waals surface area contributed by atoms with E-state index in [0.29, 0.717) is 5.39 Å². The summed E-state index contributed by atoms with van der Waals surface area (Å²) >= 11 is 0. The van der Waals surface area contributed by atoms with E-state index >= 15 is 0 Å². The largest absolute Gasteiger partial charge is 0.479 e. The average Bonchev–Trinajstić information content (AvgIpc) is 2.35. The summed E-state index contributed by atoms with van der Waals surface area (Å²) in [4.78, 5) is 14.8. The highest BCUT2D eigenvalue weighted by Crippen LogP contribution is 2.37. The van der Waals surface area contributed by atoms with Gasteiger partial charge < -0.3 is 10.8 Å². The first-order valence-electron chi connectivity index (χ1n) is 5.21. The molecule has 2 rings (SSSR count). The van der Waals surface area contributed by atoms with Gasteiger partial charge in [-0.1, -0.05) is 18.2 Å². The van der Waals surface area contributed by atoms with Crippen LogP contribution in [0, 0.1) is 0 Å². The van der Waals surface area contributed by atoms with Crippen molar-refractivity contribution in [2.24, 2.45) is 5.73 Å². The summed E-state index contributed by atoms with van der Waals surface area (Å²) in [6, 6.07) is 6.72. The fraction of sp³-hybridized carbons (Fsp3) is 0.167. The van der Waals surface area contributed by atoms with Gasteiger partial charge in [0.05, 0.1) is 5.52 Å². The highest BCUT2D eigenvalue weighted by molar-refractivity contribution is 5.85. The van der Waals surface area contributed by atoms with Crippen molar-refractivity contribution < 1.29 is 23.1 Å². The summed E-state index contributed by atoms with van der Waals surface area (Å²) in [6.45, 7) is 0. The van der Waals surface area contributed by atoms with Gasteiger partial charge in [0.15, 0.2) is 0 Å². The number of hydrogen-bond acceptors (Lipinski definition) is 3. The number of nitrogens with two attached hydrogens (primary N) is 1. The number of nitrogens with zero attached hydrogens (tertiary/aromatic N) is 1. The number of fused-ring (bicyclic) bond motifs is 1. The van der Waals surface area contributed by atoms with E-state index in [0.717, 1.165) is 12.1 Å². The lowest BCUT2D eigenvalue weighted by molar-refractivity contribution is -0.204. The third-order valence-electron chi connectivity index (χ3n) is 2.85. The maximum atomic E-state index is 12.9. The topological polar surface area (TPSA) is 76.2 Å². The van der Waals surface area contributed by atoms with E-state index in [-0.39, 0.29) is 5.52 Å². The molecule has 1 unspecified atom stereocenters. The molecule has 0 spiro atoms. The van der Waals surface area contributed by atoms with E-state index in [1.807, 2.05) is 0 Å². The number of carboxylic acids is 1. The Kier molecular flexibility index (Phi) is 2.94. The van der Waals surface area contributed by atoms with Gasteiger partial charge in [0.2, 0.25) is 5.54 Å². The molecule has 0 saturated heterocycles. The van der Waals surface area contributed by atoms with Gasteiger partial charge in [-0.2, -0.15) is 13.2 Å². The summed E-state index contributed by atoms with van der Waals surface area (Å²) in [5.74, 6) is -2.16. The lowest BCUT2D eigenvalue weighted by atomic mass is 9.89. The highest BCUT2D eigenvalue weighted by atomic mass is 19.4. The van der Waals surface area contributed by atoms with Crippen molar-refractivity contribution in [2.75, 3.05) is 0 Å². The molecule has 1 atom stereocenters. The Morgan fingerprint density at radius 2 is 1.95 bits per heavy atom. The first-order valence-corrected chi connectivity index (χ1v) is 5.21. The Morgan fingerprint density at radius 1 is 1.26 bits per heavy atom. The molecule has 1 aromatic carbocycles. The summed E-state index contributed by atoms with van der Waals surface area (Å²) in [6.07, 6.45) is -3.71. The minimum atomic E-state index is -5.11. The Balaban J connectivity index is 2.67. The molecule has 0 radical (unpaired) electrons. The van der Waals surface area contributed by atoms with Crippen LogP contribution in [0.15, 0.2) is 36.5 Å². The second-order valence-electron chi connectivity index (χ2n) is 4.02. The fourth-order valence-corrected chi connectivity index (χ4v) is 1.72. The van der Waals surface area contributed by atoms with Crippen molar-refractivity contribution in [3.8, 4) is 0 Å². The van der Waals surface area contributed by atoms with Crippen LogP contribution in [-0.2, 0) is 10.3 Å². The van der Waals surface area contributed by atoms with E-state index in [2.05, 4.69) is 4.98 Å². The zero-order valence-corrected chi connectivity index (χ0v) is 9.48. The second-order valence-corrected chi connectivity index (χ2v) is 4.02. The van der Waals surface area contributed by atoms with Crippen molar-refractivity contribution in [1.82, 2.24) is 4.98 Å². The van der Waals surface area contributed by atoms with E-state index < -0.39 is 23.2 Å². The van der Waals surface area contributed by atoms with Crippen molar-refractivity contribution in [1.29, 1.82) is 0 Å². The van der Waals surface area contributed by atoms with Crippen molar-refractivity contribution in [3.63, 3.8) is 0 Å². The number of pyridine rings is 1. The molecule has 0 aliphatic heterocycles. The van der Waals surface area contributed by atoms with Gasteiger partial charge in [-0.15, -0.1) is 0 Å². The molecular formula is C12H9F3N2O2. The van der Waals surface area contributed by atoms with Crippen LogP contribution in [0.3, 0.4) is 0 Å². The molecule has 0 aliphatic rings. The number of halogens is 3. The Morgan fingerprint density at radius 3 is 2.53 bits per heavy atom. The molecule has 1 heterocycles. The molecule has 0 fully saturated rings. The van der Waals surface area contributed by atoms with Gasteiger partial charge in [-0.05, 0) is 17.7 Å². The third kappa shape index (κ3) is 2.01. The van der Waals surface area contributed by atoms with Gasteiger partial charge in [0.1, 0.15) is 0 Å². The van der Waals surface area contributed by atoms with Crippen LogP contribution in [0.5, 0.6) is 0 Å². The van der Waals surface area contributed by atoms with E-state index in [4.69, 9.17) is 10.8 Å². The van der Waals surface area contributed by atoms with Crippen LogP contribution in [0.25, 0.3) is 10.9 Å². The number of carboxylic acid groups (broad SMARTS) is 1. The highest BCUT2D eigenvalue weighted by Gasteiger charge is 2.59. The number of aliphatic carboxylic acids is 1. The van der Waals surface area contributed by atoms with Crippen molar-refractivity contribution in [3.05, 3.63) is 42.1 Å². The molecule has 4 nitrogen and oxygen atoms in total. The first-order chi connectivity index (χ1) is 8.76. The normalized spacial score (nSPS) is 15.2. The molecule has 1 aromatic heterocycles. The minimum absolute atomic E-state index is 0.250. The molecule has 7 heteroatoms. The maximum absolute atomic E-state index is 12.9. The molecule has 2 aromatic rings. The molecule has 0 bridgehead atoms. The average molecular weight is 270 g/mol. The van der Waals surface area contributed by atoms with Gasteiger partial charge in [0, 0.05) is 11.6 Å². The number of alkyl halides is 3. The number of hydrogen-bond donors (Lipinski definition) is 2. The molecule has 0 saturated carbocycles. The van der Waals surface area contributed by atoms with Crippen LogP contribution in [0.4, 0.5) is 13.2 Å². The third-order valence-corrected chi connectivity index (χ3v) is 2.85. The minimum Gasteiger partial charge on any atom is -0.479 e. The predicted octanol–water partition coefficient (Wildman–Crippen LogP) is 2.04. The monoisotopic (exact) mass is 270 g/mol. The van der Waals surface area contributed by atoms with Gasteiger partial charge in [0.25, 0.3) is 0 Å². The van der Waals surface area contributed by atoms with Crippen LogP contribution in [0.2, 0.25) is 0 Å². The SMILES string of the molecule is NC(C(=O)O)(c1ccc2cccnc2c1)C(F)(F)F. The Bertz CT molecular complexity index is 642. The molecule has 0 aliphatic carbocycles. The first kappa shape index (κ1) is 13.3. The molecular weight excluding hydrogens is 261 g/mol. The van der Waals surface area contributed by atoms with E-state index in [1.165, 1.54) is 12.3 Å². The molecule has 19 heavy (non-hydrogen) atoms. The zero-order valence-electron chi connectivity index (χ0n) is 9.48. The van der Waals surface area contributed by atoms with Crippen LogP contribution < -0.4 is 5.73 Å². The van der Waals surface area contributed by atoms with Gasteiger partial charge in [-0.25, -0.2) is 4.79 Å². The van der Waals surface area contributed by atoms with Gasteiger partial charge in [-0.3, -0.25) is 4.98 Å². The lowest BCUT2D eigenvalue weighted by Crippen LogP contribution is -2.56.